The van der Waals surface area contributed by atoms with E-state index in [2.05, 4.69) is 21.4 Å². The van der Waals surface area contributed by atoms with Crippen LogP contribution in [0, 0.1) is 18.8 Å². The number of ether oxygens (including phenoxy) is 1. The van der Waals surface area contributed by atoms with Crippen LogP contribution in [-0.2, 0) is 6.61 Å². The minimum atomic E-state index is -0.268. The van der Waals surface area contributed by atoms with E-state index in [0.29, 0.717) is 12.4 Å². The van der Waals surface area contributed by atoms with E-state index in [9.17, 15) is 4.39 Å². The maximum Gasteiger partial charge on any atom is 0.142 e. The Balaban J connectivity index is 1.58. The van der Waals surface area contributed by atoms with E-state index in [1.165, 1.54) is 18.5 Å². The van der Waals surface area contributed by atoms with E-state index in [-0.39, 0.29) is 5.82 Å². The highest BCUT2D eigenvalue weighted by atomic mass is 19.1. The van der Waals surface area contributed by atoms with E-state index in [0.717, 1.165) is 33.5 Å². The Morgan fingerprint density at radius 2 is 1.96 bits per heavy atom. The van der Waals surface area contributed by atoms with E-state index in [4.69, 9.17) is 4.74 Å². The van der Waals surface area contributed by atoms with Gasteiger partial charge in [-0.2, -0.15) is 0 Å². The third kappa shape index (κ3) is 3.72. The smallest absolute Gasteiger partial charge is 0.142 e. The molecular weight excluding hydrogens is 341 g/mol. The normalized spacial score (nSPS) is 10.7. The van der Waals surface area contributed by atoms with Gasteiger partial charge in [0, 0.05) is 11.3 Å². The second-order valence-corrected chi connectivity index (χ2v) is 6.12. The van der Waals surface area contributed by atoms with Gasteiger partial charge in [0.1, 0.15) is 30.3 Å². The van der Waals surface area contributed by atoms with Crippen molar-refractivity contribution in [1.82, 2.24) is 9.97 Å². The maximum atomic E-state index is 13.3. The van der Waals surface area contributed by atoms with Crippen molar-refractivity contribution in [3.63, 3.8) is 0 Å². The van der Waals surface area contributed by atoms with Gasteiger partial charge >= 0.3 is 0 Å². The molecule has 0 amide bonds. The summed E-state index contributed by atoms with van der Waals surface area (Å²) in [5, 5.41) is 4.17. The Bertz CT molecular complexity index is 1090. The first-order valence-electron chi connectivity index (χ1n) is 8.56. The average molecular weight is 358 g/mol. The molecule has 0 saturated heterocycles. The zero-order valence-electron chi connectivity index (χ0n) is 14.7. The second kappa shape index (κ2) is 7.41. The number of hydrogen-bond donors (Lipinski definition) is 1. The Labute approximate surface area is 156 Å². The van der Waals surface area contributed by atoms with Gasteiger partial charge in [-0.3, -0.25) is 0 Å². The number of halogens is 1. The number of nitrogens with zero attached hydrogens (tertiary/aromatic N) is 2. The van der Waals surface area contributed by atoms with E-state index >= 15 is 0 Å². The predicted octanol–water partition coefficient (Wildman–Crippen LogP) is 5.20. The van der Waals surface area contributed by atoms with Crippen LogP contribution in [0.5, 0.6) is 5.75 Å². The molecule has 0 aliphatic heterocycles. The van der Waals surface area contributed by atoms with Gasteiger partial charge in [-0.25, -0.2) is 14.4 Å². The summed E-state index contributed by atoms with van der Waals surface area (Å²) in [5.41, 5.74) is 3.43. The summed E-state index contributed by atoms with van der Waals surface area (Å²) in [6.45, 7) is 2.27. The summed E-state index contributed by atoms with van der Waals surface area (Å²) in [6.07, 6.45) is 1.53. The van der Waals surface area contributed by atoms with Crippen molar-refractivity contribution in [3.05, 3.63) is 90.0 Å². The van der Waals surface area contributed by atoms with Gasteiger partial charge in [0.25, 0.3) is 0 Å². The van der Waals surface area contributed by atoms with Crippen molar-refractivity contribution in [2.75, 3.05) is 5.32 Å². The zero-order chi connectivity index (χ0) is 18.6. The van der Waals surface area contributed by atoms with Gasteiger partial charge in [0.05, 0.1) is 10.9 Å². The lowest BCUT2D eigenvalue weighted by atomic mass is 10.1. The Morgan fingerprint density at radius 3 is 2.85 bits per heavy atom. The summed E-state index contributed by atoms with van der Waals surface area (Å²) in [4.78, 5) is 8.60. The molecule has 0 bridgehead atoms. The lowest BCUT2D eigenvalue weighted by Gasteiger charge is -2.15. The Morgan fingerprint density at radius 1 is 1.07 bits per heavy atom. The number of aromatic nitrogens is 2. The minimum Gasteiger partial charge on any atom is -0.489 e. The topological polar surface area (TPSA) is 47.0 Å². The van der Waals surface area contributed by atoms with Crippen LogP contribution in [0.4, 0.5) is 15.9 Å². The highest BCUT2D eigenvalue weighted by Gasteiger charge is 2.09. The number of fused-ring (bicyclic) bond motifs is 1. The van der Waals surface area contributed by atoms with Crippen LogP contribution < -0.4 is 10.1 Å². The first kappa shape index (κ1) is 17.0. The molecule has 27 heavy (non-hydrogen) atoms. The number of nitrogens with one attached hydrogen (secondary N) is 1. The SMILES string of the molecule is Cc1c(Nc2ncnc3ccc[c]c23)cccc1OCc1cccc(F)c1. The molecule has 0 fully saturated rings. The molecule has 0 saturated carbocycles. The van der Waals surface area contributed by atoms with E-state index < -0.39 is 0 Å². The molecule has 4 rings (SSSR count). The highest BCUT2D eigenvalue weighted by molar-refractivity contribution is 5.90. The van der Waals surface area contributed by atoms with Crippen molar-refractivity contribution >= 4 is 22.4 Å². The summed E-state index contributed by atoms with van der Waals surface area (Å²) < 4.78 is 19.2. The molecular formula is C22H17FN3O. The molecule has 3 aromatic carbocycles. The van der Waals surface area contributed by atoms with Gasteiger partial charge in [-0.05, 0) is 48.9 Å². The first-order chi connectivity index (χ1) is 13.2. The van der Waals surface area contributed by atoms with Crippen LogP contribution in [0.25, 0.3) is 10.9 Å². The summed E-state index contributed by atoms with van der Waals surface area (Å²) >= 11 is 0. The molecule has 4 aromatic rings. The molecule has 0 unspecified atom stereocenters. The average Bonchev–Trinajstić information content (AvgIpc) is 2.69. The van der Waals surface area contributed by atoms with Crippen LogP contribution in [0.2, 0.25) is 0 Å². The van der Waals surface area contributed by atoms with Crippen LogP contribution >= 0.6 is 0 Å². The van der Waals surface area contributed by atoms with Gasteiger partial charge in [0.2, 0.25) is 0 Å². The van der Waals surface area contributed by atoms with Gasteiger partial charge in [-0.1, -0.05) is 30.3 Å². The van der Waals surface area contributed by atoms with Gasteiger partial charge < -0.3 is 10.1 Å². The largest absolute Gasteiger partial charge is 0.489 e. The van der Waals surface area contributed by atoms with Crippen molar-refractivity contribution in [2.24, 2.45) is 0 Å². The van der Waals surface area contributed by atoms with Crippen molar-refractivity contribution in [1.29, 1.82) is 0 Å². The number of hydrogen-bond acceptors (Lipinski definition) is 4. The fourth-order valence-electron chi connectivity index (χ4n) is 2.85. The summed E-state index contributed by atoms with van der Waals surface area (Å²) in [6, 6.07) is 21.0. The molecule has 0 aliphatic carbocycles. The number of rotatable bonds is 5. The first-order valence-corrected chi connectivity index (χ1v) is 8.56. The number of benzene rings is 3. The van der Waals surface area contributed by atoms with Gasteiger partial charge in [0.15, 0.2) is 0 Å². The zero-order valence-corrected chi connectivity index (χ0v) is 14.7. The standard InChI is InChI=1S/C22H17FN3O/c1-15-19(26-22-18-8-2-3-9-20(18)24-14-25-22)10-5-11-21(15)27-13-16-6-4-7-17(23)12-16/h2-7,9-12,14H,13H2,1H3,(H,24,25,26). The van der Waals surface area contributed by atoms with E-state index in [1.54, 1.807) is 6.07 Å². The van der Waals surface area contributed by atoms with Crippen molar-refractivity contribution < 1.29 is 9.13 Å². The molecule has 1 heterocycles. The Kier molecular flexibility index (Phi) is 4.66. The molecule has 133 valence electrons. The third-order valence-corrected chi connectivity index (χ3v) is 4.28. The fraction of sp³-hybridized carbons (Fsp3) is 0.0909. The molecule has 1 N–H and O–H groups in total. The van der Waals surface area contributed by atoms with Gasteiger partial charge in [-0.15, -0.1) is 0 Å². The molecule has 0 aliphatic rings. The number of anilines is 2. The molecule has 5 heteroatoms. The fourth-order valence-corrected chi connectivity index (χ4v) is 2.85. The van der Waals surface area contributed by atoms with Crippen LogP contribution in [-0.4, -0.2) is 9.97 Å². The van der Waals surface area contributed by atoms with Crippen LogP contribution in [0.3, 0.4) is 0 Å². The summed E-state index contributed by atoms with van der Waals surface area (Å²) in [5.74, 6) is 1.15. The summed E-state index contributed by atoms with van der Waals surface area (Å²) in [7, 11) is 0. The van der Waals surface area contributed by atoms with E-state index in [1.807, 2.05) is 49.4 Å². The van der Waals surface area contributed by atoms with Crippen LogP contribution in [0.15, 0.2) is 67.0 Å². The van der Waals surface area contributed by atoms with Crippen molar-refractivity contribution in [3.8, 4) is 5.75 Å². The predicted molar refractivity (Wildman–Crippen MR) is 104 cm³/mol. The molecule has 1 aromatic heterocycles. The lowest BCUT2D eigenvalue weighted by molar-refractivity contribution is 0.303. The molecule has 1 radical (unpaired) electrons. The minimum absolute atomic E-state index is 0.268. The maximum absolute atomic E-state index is 13.3. The van der Waals surface area contributed by atoms with Crippen molar-refractivity contribution in [2.45, 2.75) is 13.5 Å². The Hall–Kier alpha value is -3.47. The molecule has 4 nitrogen and oxygen atoms in total. The molecule has 0 atom stereocenters. The third-order valence-electron chi connectivity index (χ3n) is 4.28. The second-order valence-electron chi connectivity index (χ2n) is 6.12. The van der Waals surface area contributed by atoms with Crippen LogP contribution in [0.1, 0.15) is 11.1 Å². The quantitative estimate of drug-likeness (QED) is 0.533. The lowest BCUT2D eigenvalue weighted by Crippen LogP contribution is -2.01. The highest BCUT2D eigenvalue weighted by Crippen LogP contribution is 2.30. The monoisotopic (exact) mass is 358 g/mol. The molecule has 0 spiro atoms.